The lowest BCUT2D eigenvalue weighted by Crippen LogP contribution is -2.36. The molecule has 2 saturated carbocycles. The van der Waals surface area contributed by atoms with Crippen LogP contribution in [0.1, 0.15) is 32.6 Å². The van der Waals surface area contributed by atoms with Gasteiger partial charge in [-0.15, -0.1) is 10.2 Å². The van der Waals surface area contributed by atoms with Crippen LogP contribution < -0.4 is 5.32 Å². The predicted molar refractivity (Wildman–Crippen MR) is 73.7 cm³/mol. The normalized spacial score (nSPS) is 22.0. The molecule has 0 aliphatic heterocycles. The van der Waals surface area contributed by atoms with Crippen LogP contribution in [0.5, 0.6) is 0 Å². The molecule has 2 fully saturated rings. The van der Waals surface area contributed by atoms with Crippen LogP contribution in [0.15, 0.2) is 11.5 Å². The molecule has 0 saturated heterocycles. The van der Waals surface area contributed by atoms with Crippen LogP contribution in [-0.4, -0.2) is 32.5 Å². The fraction of sp³-hybridized carbons (Fsp3) is 0.769. The van der Waals surface area contributed by atoms with E-state index in [1.165, 1.54) is 37.4 Å². The van der Waals surface area contributed by atoms with Crippen molar-refractivity contribution >= 4 is 17.7 Å². The lowest BCUT2D eigenvalue weighted by Gasteiger charge is -2.17. The van der Waals surface area contributed by atoms with E-state index >= 15 is 0 Å². The molecule has 2 aliphatic rings. The van der Waals surface area contributed by atoms with Crippen LogP contribution in [-0.2, 0) is 11.8 Å². The second-order valence-electron chi connectivity index (χ2n) is 5.84. The van der Waals surface area contributed by atoms with E-state index in [1.54, 1.807) is 6.33 Å². The van der Waals surface area contributed by atoms with Crippen LogP contribution in [0.3, 0.4) is 0 Å². The SMILES string of the molecule is CC(Sc1nncn1C)C(=O)NCC1(C2CC2)CC1. The number of carbonyl (C=O) groups excluding carboxylic acids is 1. The molecule has 0 bridgehead atoms. The van der Waals surface area contributed by atoms with Gasteiger partial charge in [-0.25, -0.2) is 0 Å². The number of nitrogens with one attached hydrogen (secondary N) is 1. The summed E-state index contributed by atoms with van der Waals surface area (Å²) >= 11 is 1.46. The summed E-state index contributed by atoms with van der Waals surface area (Å²) < 4.78 is 1.83. The molecule has 1 heterocycles. The molecule has 1 atom stereocenters. The zero-order valence-electron chi connectivity index (χ0n) is 11.4. The van der Waals surface area contributed by atoms with E-state index in [1.807, 2.05) is 18.5 Å². The van der Waals surface area contributed by atoms with E-state index in [9.17, 15) is 4.79 Å². The molecule has 1 unspecified atom stereocenters. The van der Waals surface area contributed by atoms with E-state index < -0.39 is 0 Å². The highest BCUT2D eigenvalue weighted by Gasteiger charge is 2.53. The van der Waals surface area contributed by atoms with Gasteiger partial charge in [0.15, 0.2) is 5.16 Å². The molecule has 1 aromatic heterocycles. The minimum atomic E-state index is -0.127. The molecule has 1 aromatic rings. The van der Waals surface area contributed by atoms with E-state index in [0.29, 0.717) is 5.41 Å². The minimum Gasteiger partial charge on any atom is -0.355 e. The quantitative estimate of drug-likeness (QED) is 0.804. The summed E-state index contributed by atoms with van der Waals surface area (Å²) in [6.45, 7) is 2.78. The number of nitrogens with zero attached hydrogens (tertiary/aromatic N) is 3. The molecule has 19 heavy (non-hydrogen) atoms. The minimum absolute atomic E-state index is 0.111. The molecule has 6 heteroatoms. The maximum atomic E-state index is 12.1. The standard InChI is InChI=1S/C13H20N4OS/c1-9(19-12-16-15-8-17(12)2)11(18)14-7-13(5-6-13)10-3-4-10/h8-10H,3-7H2,1-2H3,(H,14,18). The fourth-order valence-corrected chi connectivity index (χ4v) is 3.40. The van der Waals surface area contributed by atoms with Crippen molar-refractivity contribution < 1.29 is 4.79 Å². The highest BCUT2D eigenvalue weighted by Crippen LogP contribution is 2.60. The molecule has 0 spiro atoms. The second-order valence-corrected chi connectivity index (χ2v) is 7.15. The van der Waals surface area contributed by atoms with Gasteiger partial charge >= 0.3 is 0 Å². The smallest absolute Gasteiger partial charge is 0.233 e. The van der Waals surface area contributed by atoms with Gasteiger partial charge in [-0.05, 0) is 43.9 Å². The zero-order valence-corrected chi connectivity index (χ0v) is 12.2. The van der Waals surface area contributed by atoms with Gasteiger partial charge < -0.3 is 9.88 Å². The third kappa shape index (κ3) is 2.78. The second kappa shape index (κ2) is 4.81. The average Bonchev–Trinajstić information content (AvgIpc) is 3.27. The topological polar surface area (TPSA) is 59.8 Å². The van der Waals surface area contributed by atoms with Gasteiger partial charge in [0.2, 0.25) is 5.91 Å². The molecule has 3 rings (SSSR count). The van der Waals surface area contributed by atoms with Crippen molar-refractivity contribution in [2.75, 3.05) is 6.54 Å². The van der Waals surface area contributed by atoms with Crippen molar-refractivity contribution in [2.45, 2.75) is 43.0 Å². The number of carbonyl (C=O) groups is 1. The Bertz CT molecular complexity index is 479. The number of hydrogen-bond donors (Lipinski definition) is 1. The first-order valence-corrected chi connectivity index (χ1v) is 7.77. The van der Waals surface area contributed by atoms with Crippen LogP contribution in [0.4, 0.5) is 0 Å². The number of rotatable bonds is 6. The van der Waals surface area contributed by atoms with Crippen LogP contribution in [0.25, 0.3) is 0 Å². The Kier molecular flexibility index (Phi) is 3.28. The van der Waals surface area contributed by atoms with Gasteiger partial charge in [0, 0.05) is 13.6 Å². The Hall–Kier alpha value is -1.04. The predicted octanol–water partition coefficient (Wildman–Crippen LogP) is 1.60. The molecule has 0 aromatic carbocycles. The van der Waals surface area contributed by atoms with Crippen LogP contribution in [0, 0.1) is 11.3 Å². The maximum absolute atomic E-state index is 12.1. The molecule has 0 radical (unpaired) electrons. The number of aromatic nitrogens is 3. The van der Waals surface area contributed by atoms with E-state index in [0.717, 1.165) is 17.6 Å². The van der Waals surface area contributed by atoms with Gasteiger partial charge in [-0.3, -0.25) is 4.79 Å². The van der Waals surface area contributed by atoms with Crippen molar-refractivity contribution in [2.24, 2.45) is 18.4 Å². The summed E-state index contributed by atoms with van der Waals surface area (Å²) in [5, 5.41) is 11.6. The summed E-state index contributed by atoms with van der Waals surface area (Å²) in [5.41, 5.74) is 0.463. The Morgan fingerprint density at radius 2 is 2.37 bits per heavy atom. The van der Waals surface area contributed by atoms with E-state index in [2.05, 4.69) is 15.5 Å². The third-order valence-electron chi connectivity index (χ3n) is 4.27. The lowest BCUT2D eigenvalue weighted by atomic mass is 10.0. The van der Waals surface area contributed by atoms with Gasteiger partial charge in [0.05, 0.1) is 5.25 Å². The largest absolute Gasteiger partial charge is 0.355 e. The first kappa shape index (κ1) is 13.0. The summed E-state index contributed by atoms with van der Waals surface area (Å²) in [6, 6.07) is 0. The van der Waals surface area contributed by atoms with Crippen LogP contribution >= 0.6 is 11.8 Å². The number of aryl methyl sites for hydroxylation is 1. The van der Waals surface area contributed by atoms with Crippen molar-refractivity contribution in [3.05, 3.63) is 6.33 Å². The Morgan fingerprint density at radius 1 is 1.63 bits per heavy atom. The highest BCUT2D eigenvalue weighted by atomic mass is 32.2. The van der Waals surface area contributed by atoms with Crippen molar-refractivity contribution in [3.63, 3.8) is 0 Å². The molecule has 5 nitrogen and oxygen atoms in total. The van der Waals surface area contributed by atoms with Gasteiger partial charge in [-0.1, -0.05) is 11.8 Å². The van der Waals surface area contributed by atoms with E-state index in [-0.39, 0.29) is 11.2 Å². The van der Waals surface area contributed by atoms with Crippen molar-refractivity contribution in [3.8, 4) is 0 Å². The average molecular weight is 280 g/mol. The first-order valence-electron chi connectivity index (χ1n) is 6.89. The summed E-state index contributed by atoms with van der Waals surface area (Å²) in [6.07, 6.45) is 6.96. The number of hydrogen-bond acceptors (Lipinski definition) is 4. The number of amides is 1. The van der Waals surface area contributed by atoms with Gasteiger partial charge in [0.25, 0.3) is 0 Å². The molecule has 104 valence electrons. The number of thioether (sulfide) groups is 1. The molecular formula is C13H20N4OS. The Labute approximate surface area is 117 Å². The fourth-order valence-electron chi connectivity index (χ4n) is 2.58. The van der Waals surface area contributed by atoms with E-state index in [4.69, 9.17) is 0 Å². The molecule has 1 N–H and O–H groups in total. The first-order chi connectivity index (χ1) is 9.11. The monoisotopic (exact) mass is 280 g/mol. The maximum Gasteiger partial charge on any atom is 0.233 e. The Morgan fingerprint density at radius 3 is 2.89 bits per heavy atom. The summed E-state index contributed by atoms with van der Waals surface area (Å²) in [7, 11) is 1.89. The third-order valence-corrected chi connectivity index (χ3v) is 5.42. The summed E-state index contributed by atoms with van der Waals surface area (Å²) in [4.78, 5) is 12.1. The molecular weight excluding hydrogens is 260 g/mol. The van der Waals surface area contributed by atoms with Crippen molar-refractivity contribution in [1.82, 2.24) is 20.1 Å². The summed E-state index contributed by atoms with van der Waals surface area (Å²) in [5.74, 6) is 0.995. The lowest BCUT2D eigenvalue weighted by molar-refractivity contribution is -0.120. The van der Waals surface area contributed by atoms with Crippen molar-refractivity contribution in [1.29, 1.82) is 0 Å². The molecule has 1 amide bonds. The highest BCUT2D eigenvalue weighted by molar-refractivity contribution is 8.00. The van der Waals surface area contributed by atoms with Gasteiger partial charge in [-0.2, -0.15) is 0 Å². The Balaban J connectivity index is 1.48. The van der Waals surface area contributed by atoms with Crippen LogP contribution in [0.2, 0.25) is 0 Å². The van der Waals surface area contributed by atoms with Gasteiger partial charge in [0.1, 0.15) is 6.33 Å². The zero-order chi connectivity index (χ0) is 13.5. The molecule has 2 aliphatic carbocycles.